The van der Waals surface area contributed by atoms with Crippen molar-refractivity contribution >= 4 is 21.1 Å². The molecule has 0 aliphatic carbocycles. The van der Waals surface area contributed by atoms with Gasteiger partial charge in [0.1, 0.15) is 0 Å². The Morgan fingerprint density at radius 2 is 1.88 bits per heavy atom. The summed E-state index contributed by atoms with van der Waals surface area (Å²) in [6, 6.07) is 12.8. The number of hydrogen-bond acceptors (Lipinski definition) is 3. The molecule has 0 saturated heterocycles. The molecular formula is C18H21N3O3S. The Kier molecular flexibility index (Phi) is 4.78. The summed E-state index contributed by atoms with van der Waals surface area (Å²) in [6.07, 6.45) is 0.520. The minimum Gasteiger partial charge on any atom is -0.306 e. The molecule has 0 aliphatic heterocycles. The van der Waals surface area contributed by atoms with Crippen molar-refractivity contribution in [2.45, 2.75) is 31.7 Å². The number of nitrogens with one attached hydrogen (secondary N) is 2. The van der Waals surface area contributed by atoms with Crippen LogP contribution in [0.4, 0.5) is 0 Å². The molecule has 2 aromatic carbocycles. The molecule has 0 atom stereocenters. The SMILES string of the molecule is Cc1ccc(C)c(S(=O)(=O)NCCCn2c(=O)[nH]c3ccccc32)c1. The van der Waals surface area contributed by atoms with E-state index in [0.29, 0.717) is 23.4 Å². The van der Waals surface area contributed by atoms with E-state index in [1.807, 2.05) is 37.3 Å². The minimum atomic E-state index is -3.55. The van der Waals surface area contributed by atoms with E-state index in [1.54, 1.807) is 23.6 Å². The van der Waals surface area contributed by atoms with Gasteiger partial charge >= 0.3 is 5.69 Å². The Labute approximate surface area is 146 Å². The van der Waals surface area contributed by atoms with Gasteiger partial charge in [-0.15, -0.1) is 0 Å². The molecule has 0 radical (unpaired) electrons. The number of aromatic amines is 1. The third-order valence-corrected chi connectivity index (χ3v) is 5.77. The lowest BCUT2D eigenvalue weighted by molar-refractivity contribution is 0.569. The number of fused-ring (bicyclic) bond motifs is 1. The number of aryl methyl sites for hydroxylation is 3. The number of hydrogen-bond donors (Lipinski definition) is 2. The predicted octanol–water partition coefficient (Wildman–Crippen LogP) is 2.32. The van der Waals surface area contributed by atoms with E-state index in [9.17, 15) is 13.2 Å². The second kappa shape index (κ2) is 6.85. The predicted molar refractivity (Wildman–Crippen MR) is 98.3 cm³/mol. The molecule has 0 saturated carbocycles. The molecule has 3 aromatic rings. The molecule has 0 bridgehead atoms. The lowest BCUT2D eigenvalue weighted by Crippen LogP contribution is -2.27. The monoisotopic (exact) mass is 359 g/mol. The lowest BCUT2D eigenvalue weighted by atomic mass is 10.2. The third-order valence-electron chi connectivity index (χ3n) is 4.17. The van der Waals surface area contributed by atoms with Gasteiger partial charge in [-0.25, -0.2) is 17.9 Å². The van der Waals surface area contributed by atoms with Crippen LogP contribution in [0.25, 0.3) is 11.0 Å². The first kappa shape index (κ1) is 17.4. The van der Waals surface area contributed by atoms with Crippen molar-refractivity contribution in [3.8, 4) is 0 Å². The third kappa shape index (κ3) is 3.67. The second-order valence-corrected chi connectivity index (χ2v) is 7.85. The van der Waals surface area contributed by atoms with Gasteiger partial charge in [0.15, 0.2) is 0 Å². The maximum Gasteiger partial charge on any atom is 0.326 e. The van der Waals surface area contributed by atoms with E-state index in [4.69, 9.17) is 0 Å². The minimum absolute atomic E-state index is 0.182. The number of rotatable bonds is 6. The summed E-state index contributed by atoms with van der Waals surface area (Å²) in [5.41, 5.74) is 3.04. The van der Waals surface area contributed by atoms with Gasteiger partial charge < -0.3 is 4.98 Å². The fourth-order valence-electron chi connectivity index (χ4n) is 2.85. The smallest absolute Gasteiger partial charge is 0.306 e. The van der Waals surface area contributed by atoms with Gasteiger partial charge in [0.05, 0.1) is 15.9 Å². The number of imidazole rings is 1. The molecule has 1 heterocycles. The van der Waals surface area contributed by atoms with Gasteiger partial charge in [0.25, 0.3) is 0 Å². The molecule has 7 heteroatoms. The van der Waals surface area contributed by atoms with Crippen molar-refractivity contribution in [1.82, 2.24) is 14.3 Å². The quantitative estimate of drug-likeness (QED) is 0.663. The fourth-order valence-corrected chi connectivity index (χ4v) is 4.25. The van der Waals surface area contributed by atoms with E-state index < -0.39 is 10.0 Å². The Morgan fingerprint density at radius 3 is 2.68 bits per heavy atom. The van der Waals surface area contributed by atoms with Gasteiger partial charge in [0.2, 0.25) is 10.0 Å². The van der Waals surface area contributed by atoms with E-state index in [1.165, 1.54) is 0 Å². The maximum absolute atomic E-state index is 12.5. The Balaban J connectivity index is 1.67. The molecule has 132 valence electrons. The average Bonchev–Trinajstić information content (AvgIpc) is 2.89. The highest BCUT2D eigenvalue weighted by atomic mass is 32.2. The number of para-hydroxylation sites is 2. The van der Waals surface area contributed by atoms with E-state index >= 15 is 0 Å². The summed E-state index contributed by atoms with van der Waals surface area (Å²) in [7, 11) is -3.55. The molecule has 3 rings (SSSR count). The normalized spacial score (nSPS) is 11.9. The van der Waals surface area contributed by atoms with Crippen LogP contribution < -0.4 is 10.4 Å². The van der Waals surface area contributed by atoms with Crippen LogP contribution in [0.15, 0.2) is 52.2 Å². The molecule has 0 spiro atoms. The topological polar surface area (TPSA) is 84.0 Å². The Morgan fingerprint density at radius 1 is 1.12 bits per heavy atom. The van der Waals surface area contributed by atoms with Crippen LogP contribution in [0.5, 0.6) is 0 Å². The molecular weight excluding hydrogens is 338 g/mol. The van der Waals surface area contributed by atoms with Gasteiger partial charge in [-0.05, 0) is 49.6 Å². The number of sulfonamides is 1. The molecule has 0 aliphatic rings. The van der Waals surface area contributed by atoms with Crippen LogP contribution in [0.1, 0.15) is 17.5 Å². The van der Waals surface area contributed by atoms with Crippen molar-refractivity contribution in [1.29, 1.82) is 0 Å². The maximum atomic E-state index is 12.5. The largest absolute Gasteiger partial charge is 0.326 e. The van der Waals surface area contributed by atoms with Crippen molar-refractivity contribution in [3.05, 3.63) is 64.1 Å². The molecule has 0 unspecified atom stereocenters. The first-order valence-electron chi connectivity index (χ1n) is 8.13. The zero-order chi connectivity index (χ0) is 18.0. The van der Waals surface area contributed by atoms with Gasteiger partial charge in [-0.3, -0.25) is 4.57 Å². The summed E-state index contributed by atoms with van der Waals surface area (Å²) < 4.78 is 29.2. The molecule has 2 N–H and O–H groups in total. The van der Waals surface area contributed by atoms with E-state index in [2.05, 4.69) is 9.71 Å². The van der Waals surface area contributed by atoms with Crippen LogP contribution in [0.2, 0.25) is 0 Å². The van der Waals surface area contributed by atoms with Crippen molar-refractivity contribution in [3.63, 3.8) is 0 Å². The summed E-state index contributed by atoms with van der Waals surface area (Å²) in [5.74, 6) is 0. The van der Waals surface area contributed by atoms with Gasteiger partial charge in [-0.2, -0.15) is 0 Å². The summed E-state index contributed by atoms with van der Waals surface area (Å²) in [6.45, 7) is 4.35. The van der Waals surface area contributed by atoms with Crippen molar-refractivity contribution < 1.29 is 8.42 Å². The van der Waals surface area contributed by atoms with Crippen molar-refractivity contribution in [2.24, 2.45) is 0 Å². The summed E-state index contributed by atoms with van der Waals surface area (Å²) in [4.78, 5) is 15.1. The van der Waals surface area contributed by atoms with Gasteiger partial charge in [-0.1, -0.05) is 24.3 Å². The summed E-state index contributed by atoms with van der Waals surface area (Å²) in [5, 5.41) is 0. The standard InChI is InChI=1S/C18H21N3O3S/c1-13-8-9-14(2)17(12-13)25(23,24)19-10-5-11-21-16-7-4-3-6-15(16)20-18(21)22/h3-4,6-9,12,19H,5,10-11H2,1-2H3,(H,20,22). The summed E-state index contributed by atoms with van der Waals surface area (Å²) >= 11 is 0. The highest BCUT2D eigenvalue weighted by Gasteiger charge is 2.16. The molecule has 0 fully saturated rings. The highest BCUT2D eigenvalue weighted by Crippen LogP contribution is 2.16. The van der Waals surface area contributed by atoms with Gasteiger partial charge in [0, 0.05) is 13.1 Å². The number of aromatic nitrogens is 2. The zero-order valence-electron chi connectivity index (χ0n) is 14.2. The second-order valence-electron chi connectivity index (χ2n) is 6.12. The first-order chi connectivity index (χ1) is 11.9. The van der Waals surface area contributed by atoms with Crippen LogP contribution in [-0.2, 0) is 16.6 Å². The first-order valence-corrected chi connectivity index (χ1v) is 9.61. The highest BCUT2D eigenvalue weighted by molar-refractivity contribution is 7.89. The van der Waals surface area contributed by atoms with Crippen LogP contribution >= 0.6 is 0 Å². The Hall–Kier alpha value is -2.38. The van der Waals surface area contributed by atoms with Crippen LogP contribution in [0, 0.1) is 13.8 Å². The Bertz CT molecular complexity index is 1060. The average molecular weight is 359 g/mol. The fraction of sp³-hybridized carbons (Fsp3) is 0.278. The number of nitrogens with zero attached hydrogens (tertiary/aromatic N) is 1. The van der Waals surface area contributed by atoms with E-state index in [-0.39, 0.29) is 12.2 Å². The van der Waals surface area contributed by atoms with E-state index in [0.717, 1.165) is 16.6 Å². The van der Waals surface area contributed by atoms with Crippen LogP contribution in [-0.4, -0.2) is 24.5 Å². The molecule has 6 nitrogen and oxygen atoms in total. The lowest BCUT2D eigenvalue weighted by Gasteiger charge is -2.10. The van der Waals surface area contributed by atoms with Crippen molar-refractivity contribution in [2.75, 3.05) is 6.54 Å². The molecule has 25 heavy (non-hydrogen) atoms. The molecule has 1 aromatic heterocycles. The zero-order valence-corrected chi connectivity index (χ0v) is 15.1. The number of benzene rings is 2. The molecule has 0 amide bonds. The van der Waals surface area contributed by atoms with Crippen LogP contribution in [0.3, 0.4) is 0 Å². The number of H-pyrrole nitrogens is 1.